The van der Waals surface area contributed by atoms with Gasteiger partial charge in [-0.1, -0.05) is 0 Å². The Morgan fingerprint density at radius 2 is 2.21 bits per heavy atom. The van der Waals surface area contributed by atoms with Gasteiger partial charge in [-0.3, -0.25) is 14.2 Å². The number of aromatic nitrogens is 5. The zero-order chi connectivity index (χ0) is 13.2. The highest BCUT2D eigenvalue weighted by atomic mass is 16.1. The SMILES string of the molecule is Cc1nnc2c(NC(=O)c3cnccn3)cccn12. The van der Waals surface area contributed by atoms with E-state index in [2.05, 4.69) is 25.5 Å². The van der Waals surface area contributed by atoms with Gasteiger partial charge in [0.2, 0.25) is 0 Å². The molecule has 0 aliphatic rings. The lowest BCUT2D eigenvalue weighted by atomic mass is 10.3. The Morgan fingerprint density at radius 1 is 1.32 bits per heavy atom. The number of amides is 1. The largest absolute Gasteiger partial charge is 0.317 e. The maximum absolute atomic E-state index is 12.0. The molecule has 7 nitrogen and oxygen atoms in total. The fourth-order valence-electron chi connectivity index (χ4n) is 1.73. The number of nitrogens with zero attached hydrogens (tertiary/aromatic N) is 5. The Balaban J connectivity index is 1.96. The summed E-state index contributed by atoms with van der Waals surface area (Å²) in [5, 5.41) is 10.7. The quantitative estimate of drug-likeness (QED) is 0.739. The number of aryl methyl sites for hydroxylation is 1. The van der Waals surface area contributed by atoms with Crippen LogP contribution in [0.3, 0.4) is 0 Å². The van der Waals surface area contributed by atoms with E-state index in [-0.39, 0.29) is 11.6 Å². The number of hydrogen-bond acceptors (Lipinski definition) is 5. The van der Waals surface area contributed by atoms with E-state index in [0.29, 0.717) is 11.3 Å². The summed E-state index contributed by atoms with van der Waals surface area (Å²) in [6.45, 7) is 1.84. The molecule has 0 aliphatic carbocycles. The maximum atomic E-state index is 12.0. The molecule has 1 N–H and O–H groups in total. The van der Waals surface area contributed by atoms with E-state index in [9.17, 15) is 4.79 Å². The van der Waals surface area contributed by atoms with Crippen molar-refractivity contribution in [3.63, 3.8) is 0 Å². The molecule has 3 aromatic rings. The number of nitrogens with one attached hydrogen (secondary N) is 1. The molecule has 94 valence electrons. The van der Waals surface area contributed by atoms with Crippen molar-refractivity contribution in [3.05, 3.63) is 48.4 Å². The summed E-state index contributed by atoms with van der Waals surface area (Å²) < 4.78 is 1.80. The third-order valence-electron chi connectivity index (χ3n) is 2.65. The molecule has 0 radical (unpaired) electrons. The van der Waals surface area contributed by atoms with Gasteiger partial charge in [-0.05, 0) is 19.1 Å². The smallest absolute Gasteiger partial charge is 0.275 e. The summed E-state index contributed by atoms with van der Waals surface area (Å²) in [6, 6.07) is 3.58. The van der Waals surface area contributed by atoms with E-state index in [1.165, 1.54) is 18.6 Å². The van der Waals surface area contributed by atoms with Gasteiger partial charge in [0, 0.05) is 18.6 Å². The first-order chi connectivity index (χ1) is 9.25. The first-order valence-corrected chi connectivity index (χ1v) is 5.63. The number of rotatable bonds is 2. The average Bonchev–Trinajstić information content (AvgIpc) is 2.83. The molecule has 0 atom stereocenters. The predicted octanol–water partition coefficient (Wildman–Crippen LogP) is 1.08. The van der Waals surface area contributed by atoms with Crippen molar-refractivity contribution in [1.29, 1.82) is 0 Å². The third-order valence-corrected chi connectivity index (χ3v) is 2.65. The van der Waals surface area contributed by atoms with Gasteiger partial charge in [0.15, 0.2) is 5.65 Å². The third kappa shape index (κ3) is 2.01. The topological polar surface area (TPSA) is 85.1 Å². The number of pyridine rings is 1. The van der Waals surface area contributed by atoms with Crippen LogP contribution in [0.15, 0.2) is 36.9 Å². The molecule has 3 rings (SSSR count). The van der Waals surface area contributed by atoms with Crippen LogP contribution in [-0.2, 0) is 0 Å². The molecule has 0 aromatic carbocycles. The molecule has 7 heteroatoms. The van der Waals surface area contributed by atoms with E-state index < -0.39 is 0 Å². The Morgan fingerprint density at radius 3 is 3.00 bits per heavy atom. The lowest BCUT2D eigenvalue weighted by Gasteiger charge is -2.05. The summed E-state index contributed by atoms with van der Waals surface area (Å²) in [5.41, 5.74) is 1.43. The van der Waals surface area contributed by atoms with Crippen molar-refractivity contribution in [2.24, 2.45) is 0 Å². The maximum Gasteiger partial charge on any atom is 0.275 e. The summed E-state index contributed by atoms with van der Waals surface area (Å²) in [7, 11) is 0. The highest BCUT2D eigenvalue weighted by molar-refractivity contribution is 6.04. The number of carbonyl (C=O) groups excluding carboxylic acids is 1. The van der Waals surface area contributed by atoms with Crippen molar-refractivity contribution < 1.29 is 4.79 Å². The lowest BCUT2D eigenvalue weighted by molar-refractivity contribution is 0.102. The van der Waals surface area contributed by atoms with E-state index in [4.69, 9.17) is 0 Å². The first-order valence-electron chi connectivity index (χ1n) is 5.63. The summed E-state index contributed by atoms with van der Waals surface area (Å²) >= 11 is 0. The van der Waals surface area contributed by atoms with Crippen LogP contribution in [0, 0.1) is 6.92 Å². The summed E-state index contributed by atoms with van der Waals surface area (Å²) in [4.78, 5) is 19.8. The Labute approximate surface area is 108 Å². The van der Waals surface area contributed by atoms with Crippen LogP contribution < -0.4 is 5.32 Å². The van der Waals surface area contributed by atoms with Gasteiger partial charge in [-0.15, -0.1) is 10.2 Å². The van der Waals surface area contributed by atoms with Crippen LogP contribution in [-0.4, -0.2) is 30.5 Å². The molecule has 0 bridgehead atoms. The van der Waals surface area contributed by atoms with E-state index >= 15 is 0 Å². The summed E-state index contributed by atoms with van der Waals surface area (Å²) in [5.74, 6) is 0.424. The van der Waals surface area contributed by atoms with Gasteiger partial charge in [0.05, 0.1) is 11.9 Å². The van der Waals surface area contributed by atoms with Crippen LogP contribution in [0.2, 0.25) is 0 Å². The predicted molar refractivity (Wildman–Crippen MR) is 67.7 cm³/mol. The normalized spacial score (nSPS) is 10.6. The second-order valence-electron chi connectivity index (χ2n) is 3.91. The van der Waals surface area contributed by atoms with Crippen LogP contribution in [0.4, 0.5) is 5.69 Å². The minimum absolute atomic E-state index is 0.251. The van der Waals surface area contributed by atoms with Gasteiger partial charge in [-0.2, -0.15) is 0 Å². The molecule has 0 spiro atoms. The minimum Gasteiger partial charge on any atom is -0.317 e. The summed E-state index contributed by atoms with van der Waals surface area (Å²) in [6.07, 6.45) is 6.23. The molecule has 19 heavy (non-hydrogen) atoms. The van der Waals surface area contributed by atoms with Crippen LogP contribution in [0.1, 0.15) is 16.3 Å². The highest BCUT2D eigenvalue weighted by Crippen LogP contribution is 2.15. The number of fused-ring (bicyclic) bond motifs is 1. The molecule has 0 aliphatic heterocycles. The molecule has 0 fully saturated rings. The molecular formula is C12H10N6O. The van der Waals surface area contributed by atoms with E-state index in [1.54, 1.807) is 10.5 Å². The number of carbonyl (C=O) groups is 1. The molecule has 1 amide bonds. The van der Waals surface area contributed by atoms with E-state index in [0.717, 1.165) is 5.82 Å². The van der Waals surface area contributed by atoms with Gasteiger partial charge in [0.25, 0.3) is 5.91 Å². The van der Waals surface area contributed by atoms with Gasteiger partial charge >= 0.3 is 0 Å². The minimum atomic E-state index is -0.332. The fourth-order valence-corrected chi connectivity index (χ4v) is 1.73. The van der Waals surface area contributed by atoms with Crippen LogP contribution in [0.5, 0.6) is 0 Å². The first kappa shape index (κ1) is 11.3. The molecule has 3 heterocycles. The molecule has 3 aromatic heterocycles. The monoisotopic (exact) mass is 254 g/mol. The zero-order valence-electron chi connectivity index (χ0n) is 10.1. The van der Waals surface area contributed by atoms with Crippen LogP contribution >= 0.6 is 0 Å². The second-order valence-corrected chi connectivity index (χ2v) is 3.91. The molecular weight excluding hydrogens is 244 g/mol. The van der Waals surface area contributed by atoms with Gasteiger partial charge in [0.1, 0.15) is 11.5 Å². The highest BCUT2D eigenvalue weighted by Gasteiger charge is 2.11. The second kappa shape index (κ2) is 4.45. The van der Waals surface area contributed by atoms with Crippen LogP contribution in [0.25, 0.3) is 5.65 Å². The molecule has 0 saturated heterocycles. The van der Waals surface area contributed by atoms with Crippen molar-refractivity contribution in [3.8, 4) is 0 Å². The van der Waals surface area contributed by atoms with Gasteiger partial charge < -0.3 is 5.32 Å². The Bertz CT molecular complexity index is 736. The average molecular weight is 254 g/mol. The van der Waals surface area contributed by atoms with Crippen molar-refractivity contribution >= 4 is 17.2 Å². The molecule has 0 unspecified atom stereocenters. The van der Waals surface area contributed by atoms with Crippen molar-refractivity contribution in [2.75, 3.05) is 5.32 Å². The number of hydrogen-bond donors (Lipinski definition) is 1. The Hall–Kier alpha value is -2.83. The number of anilines is 1. The van der Waals surface area contributed by atoms with Crippen molar-refractivity contribution in [1.82, 2.24) is 24.6 Å². The van der Waals surface area contributed by atoms with Gasteiger partial charge in [-0.25, -0.2) is 4.98 Å². The molecule has 0 saturated carbocycles. The fraction of sp³-hybridized carbons (Fsp3) is 0.0833. The Kier molecular flexibility index (Phi) is 2.64. The zero-order valence-corrected chi connectivity index (χ0v) is 10.1. The van der Waals surface area contributed by atoms with Crippen molar-refractivity contribution in [2.45, 2.75) is 6.92 Å². The standard InChI is InChI=1S/C12H10N6O/c1-8-16-17-11-9(3-2-6-18(8)11)15-12(19)10-7-13-4-5-14-10/h2-7H,1H3,(H,15,19). The van der Waals surface area contributed by atoms with E-state index in [1.807, 2.05) is 19.2 Å². The lowest BCUT2D eigenvalue weighted by Crippen LogP contribution is -2.14.